The lowest BCUT2D eigenvalue weighted by Gasteiger charge is -2.23. The molecule has 2 N–H and O–H groups in total. The fraction of sp³-hybridized carbons (Fsp3) is 0.688. The summed E-state index contributed by atoms with van der Waals surface area (Å²) in [6.07, 6.45) is 3.02. The van der Waals surface area contributed by atoms with E-state index in [-0.39, 0.29) is 17.7 Å². The Hall–Kier alpha value is -1.34. The minimum absolute atomic E-state index is 0.0522. The van der Waals surface area contributed by atoms with Gasteiger partial charge in [0.25, 0.3) is 5.91 Å². The van der Waals surface area contributed by atoms with Gasteiger partial charge in [0, 0.05) is 43.8 Å². The molecular formula is C16H27N3O3S. The van der Waals surface area contributed by atoms with Gasteiger partial charge in [-0.15, -0.1) is 0 Å². The summed E-state index contributed by atoms with van der Waals surface area (Å²) in [5, 5.41) is 3.13. The topological polar surface area (TPSA) is 82.3 Å². The molecule has 2 atom stereocenters. The van der Waals surface area contributed by atoms with Gasteiger partial charge in [-0.05, 0) is 24.8 Å². The predicted octanol–water partition coefficient (Wildman–Crippen LogP) is 1.05. The fourth-order valence-corrected chi connectivity index (χ4v) is 3.75. The number of carbonyl (C=O) groups is 1. The van der Waals surface area contributed by atoms with Gasteiger partial charge < -0.3 is 10.3 Å². The van der Waals surface area contributed by atoms with Crippen molar-refractivity contribution in [3.63, 3.8) is 0 Å². The molecule has 1 saturated heterocycles. The monoisotopic (exact) mass is 341 g/mol. The second kappa shape index (κ2) is 7.05. The van der Waals surface area contributed by atoms with Gasteiger partial charge in [0.1, 0.15) is 9.84 Å². The molecule has 0 aliphatic carbocycles. The number of aryl methyl sites for hydroxylation is 1. The Labute approximate surface area is 138 Å². The third-order valence-electron chi connectivity index (χ3n) is 4.59. The van der Waals surface area contributed by atoms with E-state index >= 15 is 0 Å². The largest absolute Gasteiger partial charge is 0.365 e. The lowest BCUT2D eigenvalue weighted by atomic mass is 9.91. The highest BCUT2D eigenvalue weighted by atomic mass is 32.2. The first-order chi connectivity index (χ1) is 10.7. The molecule has 0 unspecified atom stereocenters. The molecule has 2 rings (SSSR count). The van der Waals surface area contributed by atoms with E-state index in [9.17, 15) is 13.2 Å². The summed E-state index contributed by atoms with van der Waals surface area (Å²) >= 11 is 0. The van der Waals surface area contributed by atoms with Crippen molar-refractivity contribution in [2.75, 3.05) is 31.6 Å². The van der Waals surface area contributed by atoms with Crippen molar-refractivity contribution in [1.82, 2.24) is 15.2 Å². The van der Waals surface area contributed by atoms with E-state index in [4.69, 9.17) is 0 Å². The standard InChI is InChI=1S/C16H27N3O3S/c1-11(2)14-9-19(7-8-23(4,21)22)10-15(14)18-16(20)13-5-6-17-12(13)3/h5-6,11,14-15,17H,7-10H2,1-4H3,(H,18,20)/t14-,15+/m1/s1. The smallest absolute Gasteiger partial charge is 0.253 e. The lowest BCUT2D eigenvalue weighted by Crippen LogP contribution is -2.42. The summed E-state index contributed by atoms with van der Waals surface area (Å²) in [4.78, 5) is 17.6. The lowest BCUT2D eigenvalue weighted by molar-refractivity contribution is 0.0925. The van der Waals surface area contributed by atoms with Gasteiger partial charge in [0.05, 0.1) is 11.3 Å². The molecule has 0 saturated carbocycles. The van der Waals surface area contributed by atoms with Crippen LogP contribution in [0.2, 0.25) is 0 Å². The minimum Gasteiger partial charge on any atom is -0.365 e. The van der Waals surface area contributed by atoms with E-state index in [1.54, 1.807) is 12.3 Å². The zero-order chi connectivity index (χ0) is 17.2. The van der Waals surface area contributed by atoms with Gasteiger partial charge in [-0.1, -0.05) is 13.8 Å². The minimum atomic E-state index is -2.96. The van der Waals surface area contributed by atoms with Crippen molar-refractivity contribution < 1.29 is 13.2 Å². The van der Waals surface area contributed by atoms with Crippen molar-refractivity contribution in [3.05, 3.63) is 23.5 Å². The Kier molecular flexibility index (Phi) is 5.52. The number of nitrogens with zero attached hydrogens (tertiary/aromatic N) is 1. The summed E-state index contributed by atoms with van der Waals surface area (Å²) in [5.74, 6) is 0.855. The number of H-pyrrole nitrogens is 1. The van der Waals surface area contributed by atoms with Crippen molar-refractivity contribution in [2.45, 2.75) is 26.8 Å². The van der Waals surface area contributed by atoms with Crippen LogP contribution in [-0.2, 0) is 9.84 Å². The normalized spacial score (nSPS) is 22.7. The van der Waals surface area contributed by atoms with Gasteiger partial charge in [-0.2, -0.15) is 0 Å². The summed E-state index contributed by atoms with van der Waals surface area (Å²) in [5.41, 5.74) is 1.53. The van der Waals surface area contributed by atoms with Gasteiger partial charge in [-0.3, -0.25) is 9.69 Å². The van der Waals surface area contributed by atoms with Crippen LogP contribution in [0.3, 0.4) is 0 Å². The Morgan fingerprint density at radius 1 is 1.43 bits per heavy atom. The van der Waals surface area contributed by atoms with Crippen LogP contribution < -0.4 is 5.32 Å². The maximum atomic E-state index is 12.4. The van der Waals surface area contributed by atoms with E-state index in [0.29, 0.717) is 30.5 Å². The Bertz CT molecular complexity index is 651. The molecule has 0 aromatic carbocycles. The average molecular weight is 341 g/mol. The van der Waals surface area contributed by atoms with E-state index in [1.807, 2.05) is 6.92 Å². The van der Waals surface area contributed by atoms with Gasteiger partial charge in [0.15, 0.2) is 0 Å². The number of aromatic nitrogens is 1. The first kappa shape index (κ1) is 18.0. The fourth-order valence-electron chi connectivity index (χ4n) is 3.16. The zero-order valence-electron chi connectivity index (χ0n) is 14.3. The highest BCUT2D eigenvalue weighted by Crippen LogP contribution is 2.25. The first-order valence-corrected chi connectivity index (χ1v) is 10.1. The van der Waals surface area contributed by atoms with Crippen molar-refractivity contribution in [2.24, 2.45) is 11.8 Å². The third kappa shape index (κ3) is 4.81. The van der Waals surface area contributed by atoms with Gasteiger partial charge >= 0.3 is 0 Å². The molecule has 1 aromatic heterocycles. The summed E-state index contributed by atoms with van der Waals surface area (Å²) in [6.45, 7) is 8.22. The molecule has 1 aliphatic heterocycles. The average Bonchev–Trinajstić information content (AvgIpc) is 3.02. The molecular weight excluding hydrogens is 314 g/mol. The van der Waals surface area contributed by atoms with Crippen molar-refractivity contribution in [3.8, 4) is 0 Å². The molecule has 1 aliphatic rings. The number of hydrogen-bond acceptors (Lipinski definition) is 4. The molecule has 1 aromatic rings. The molecule has 2 heterocycles. The number of nitrogens with one attached hydrogen (secondary N) is 2. The van der Waals surface area contributed by atoms with Crippen LogP contribution in [0, 0.1) is 18.8 Å². The number of rotatable bonds is 6. The quantitative estimate of drug-likeness (QED) is 0.810. The summed E-state index contributed by atoms with van der Waals surface area (Å²) in [6, 6.07) is 1.84. The third-order valence-corrected chi connectivity index (χ3v) is 5.51. The van der Waals surface area contributed by atoms with Crippen LogP contribution in [0.1, 0.15) is 29.9 Å². The van der Waals surface area contributed by atoms with Gasteiger partial charge in [0.2, 0.25) is 0 Å². The highest BCUT2D eigenvalue weighted by Gasteiger charge is 2.35. The maximum absolute atomic E-state index is 12.4. The molecule has 0 spiro atoms. The molecule has 6 nitrogen and oxygen atoms in total. The van der Waals surface area contributed by atoms with E-state index in [0.717, 1.165) is 12.2 Å². The van der Waals surface area contributed by atoms with Crippen molar-refractivity contribution in [1.29, 1.82) is 0 Å². The molecule has 7 heteroatoms. The second-order valence-corrected chi connectivity index (χ2v) is 9.15. The number of amides is 1. The SMILES string of the molecule is Cc1[nH]ccc1C(=O)N[C@H]1CN(CCS(C)(=O)=O)C[C@@H]1C(C)C. The molecule has 130 valence electrons. The van der Waals surface area contributed by atoms with Crippen LogP contribution >= 0.6 is 0 Å². The first-order valence-electron chi connectivity index (χ1n) is 8.02. The van der Waals surface area contributed by atoms with Crippen LogP contribution in [-0.4, -0.2) is 61.9 Å². The summed E-state index contributed by atoms with van der Waals surface area (Å²) in [7, 11) is -2.96. The van der Waals surface area contributed by atoms with E-state index in [2.05, 4.69) is 29.0 Å². The van der Waals surface area contributed by atoms with E-state index in [1.165, 1.54) is 6.26 Å². The predicted molar refractivity (Wildman–Crippen MR) is 91.3 cm³/mol. The zero-order valence-corrected chi connectivity index (χ0v) is 15.1. The number of aromatic amines is 1. The number of likely N-dealkylation sites (tertiary alicyclic amines) is 1. The number of hydrogen-bond donors (Lipinski definition) is 2. The van der Waals surface area contributed by atoms with E-state index < -0.39 is 9.84 Å². The van der Waals surface area contributed by atoms with Crippen LogP contribution in [0.15, 0.2) is 12.3 Å². The van der Waals surface area contributed by atoms with Crippen LogP contribution in [0.25, 0.3) is 0 Å². The molecule has 0 radical (unpaired) electrons. The van der Waals surface area contributed by atoms with Crippen molar-refractivity contribution >= 4 is 15.7 Å². The Balaban J connectivity index is 2.01. The van der Waals surface area contributed by atoms with Crippen LogP contribution in [0.5, 0.6) is 0 Å². The Morgan fingerprint density at radius 3 is 2.65 bits per heavy atom. The Morgan fingerprint density at radius 2 is 2.13 bits per heavy atom. The highest BCUT2D eigenvalue weighted by molar-refractivity contribution is 7.90. The molecule has 0 bridgehead atoms. The maximum Gasteiger partial charge on any atom is 0.253 e. The molecule has 1 amide bonds. The van der Waals surface area contributed by atoms with Crippen LogP contribution in [0.4, 0.5) is 0 Å². The summed E-state index contributed by atoms with van der Waals surface area (Å²) < 4.78 is 22.7. The number of sulfone groups is 1. The second-order valence-electron chi connectivity index (χ2n) is 6.89. The number of carbonyl (C=O) groups excluding carboxylic acids is 1. The van der Waals surface area contributed by atoms with Gasteiger partial charge in [-0.25, -0.2) is 8.42 Å². The molecule has 23 heavy (non-hydrogen) atoms. The molecule has 1 fully saturated rings.